The number of ether oxygens (including phenoxy) is 1. The van der Waals surface area contributed by atoms with Crippen LogP contribution in [0.25, 0.3) is 0 Å². The summed E-state index contributed by atoms with van der Waals surface area (Å²) in [6.07, 6.45) is 0. The normalized spacial score (nSPS) is 14.1. The molecule has 1 nitrogen and oxygen atoms in total. The standard InChI is InChI=1S/C15H16OS/c1-15(17,12-6-4-3-5-7-12)13-8-10-14(16-2)11-9-13/h3-11,17H,1-2H3. The molecule has 2 aromatic rings. The van der Waals surface area contributed by atoms with Gasteiger partial charge in [-0.25, -0.2) is 0 Å². The second-order valence-electron chi connectivity index (χ2n) is 4.17. The summed E-state index contributed by atoms with van der Waals surface area (Å²) in [6.45, 7) is 2.10. The molecule has 0 radical (unpaired) electrons. The molecule has 0 N–H and O–H groups in total. The monoisotopic (exact) mass is 244 g/mol. The summed E-state index contributed by atoms with van der Waals surface area (Å²) in [7, 11) is 1.67. The Morgan fingerprint density at radius 2 is 1.41 bits per heavy atom. The van der Waals surface area contributed by atoms with Crippen molar-refractivity contribution in [2.75, 3.05) is 7.11 Å². The lowest BCUT2D eigenvalue weighted by Crippen LogP contribution is -2.15. The van der Waals surface area contributed by atoms with Gasteiger partial charge in [-0.15, -0.1) is 0 Å². The van der Waals surface area contributed by atoms with Gasteiger partial charge >= 0.3 is 0 Å². The smallest absolute Gasteiger partial charge is 0.118 e. The Bertz CT molecular complexity index is 474. The van der Waals surface area contributed by atoms with E-state index in [1.165, 1.54) is 5.56 Å². The fraction of sp³-hybridized carbons (Fsp3) is 0.200. The van der Waals surface area contributed by atoms with Crippen LogP contribution in [0.2, 0.25) is 0 Å². The van der Waals surface area contributed by atoms with Gasteiger partial charge in [0.15, 0.2) is 0 Å². The zero-order valence-electron chi connectivity index (χ0n) is 10.1. The molecule has 0 aromatic heterocycles. The van der Waals surface area contributed by atoms with E-state index in [0.29, 0.717) is 0 Å². The molecule has 1 unspecified atom stereocenters. The predicted molar refractivity (Wildman–Crippen MR) is 74.9 cm³/mol. The lowest BCUT2D eigenvalue weighted by molar-refractivity contribution is 0.414. The maximum Gasteiger partial charge on any atom is 0.118 e. The average Bonchev–Trinajstić information content (AvgIpc) is 2.40. The van der Waals surface area contributed by atoms with E-state index in [0.717, 1.165) is 11.3 Å². The lowest BCUT2D eigenvalue weighted by atomic mass is 9.92. The van der Waals surface area contributed by atoms with Crippen molar-refractivity contribution in [2.45, 2.75) is 11.7 Å². The van der Waals surface area contributed by atoms with Gasteiger partial charge in [-0.2, -0.15) is 12.6 Å². The fourth-order valence-electron chi connectivity index (χ4n) is 1.84. The van der Waals surface area contributed by atoms with E-state index in [4.69, 9.17) is 17.4 Å². The molecule has 17 heavy (non-hydrogen) atoms. The molecule has 0 aliphatic carbocycles. The number of methoxy groups -OCH3 is 1. The molecular formula is C15H16OS. The summed E-state index contributed by atoms with van der Waals surface area (Å²) in [5, 5.41) is 0. The summed E-state index contributed by atoms with van der Waals surface area (Å²) in [5.41, 5.74) is 2.35. The quantitative estimate of drug-likeness (QED) is 0.806. The predicted octanol–water partition coefficient (Wildman–Crippen LogP) is 3.89. The van der Waals surface area contributed by atoms with Crippen molar-refractivity contribution >= 4 is 12.6 Å². The van der Waals surface area contributed by atoms with Crippen LogP contribution in [-0.4, -0.2) is 7.11 Å². The fourth-order valence-corrected chi connectivity index (χ4v) is 2.14. The molecule has 0 aliphatic heterocycles. The number of hydrogen-bond acceptors (Lipinski definition) is 2. The van der Waals surface area contributed by atoms with Crippen molar-refractivity contribution in [2.24, 2.45) is 0 Å². The third-order valence-corrected chi connectivity index (χ3v) is 3.50. The van der Waals surface area contributed by atoms with Crippen molar-refractivity contribution in [1.82, 2.24) is 0 Å². The van der Waals surface area contributed by atoms with Crippen LogP contribution in [0.4, 0.5) is 0 Å². The Morgan fingerprint density at radius 3 is 1.94 bits per heavy atom. The maximum absolute atomic E-state index is 5.16. The van der Waals surface area contributed by atoms with E-state index >= 15 is 0 Å². The second kappa shape index (κ2) is 4.84. The molecule has 2 heteroatoms. The highest BCUT2D eigenvalue weighted by atomic mass is 32.1. The van der Waals surface area contributed by atoms with Crippen LogP contribution >= 0.6 is 12.6 Å². The summed E-state index contributed by atoms with van der Waals surface area (Å²) < 4.78 is 4.88. The van der Waals surface area contributed by atoms with Gasteiger partial charge in [0.2, 0.25) is 0 Å². The summed E-state index contributed by atoms with van der Waals surface area (Å²) in [6, 6.07) is 18.3. The first kappa shape index (κ1) is 12.1. The molecule has 0 saturated heterocycles. The first-order chi connectivity index (χ1) is 8.14. The van der Waals surface area contributed by atoms with Crippen molar-refractivity contribution < 1.29 is 4.74 Å². The van der Waals surface area contributed by atoms with E-state index in [2.05, 4.69) is 31.2 Å². The minimum Gasteiger partial charge on any atom is -0.497 e. The Morgan fingerprint density at radius 1 is 0.882 bits per heavy atom. The number of hydrogen-bond donors (Lipinski definition) is 1. The van der Waals surface area contributed by atoms with Crippen molar-refractivity contribution in [1.29, 1.82) is 0 Å². The molecule has 0 saturated carbocycles. The van der Waals surface area contributed by atoms with Gasteiger partial charge in [0.05, 0.1) is 11.9 Å². The summed E-state index contributed by atoms with van der Waals surface area (Å²) >= 11 is 4.79. The SMILES string of the molecule is COc1ccc(C(C)(S)c2ccccc2)cc1. The molecule has 0 aliphatic rings. The van der Waals surface area contributed by atoms with Crippen molar-refractivity contribution in [3.63, 3.8) is 0 Å². The Labute approximate surface area is 108 Å². The first-order valence-corrected chi connectivity index (χ1v) is 6.02. The molecule has 1 atom stereocenters. The number of thiol groups is 1. The number of benzene rings is 2. The van der Waals surface area contributed by atoms with Gasteiger partial charge in [-0.3, -0.25) is 0 Å². The molecule has 88 valence electrons. The topological polar surface area (TPSA) is 9.23 Å². The van der Waals surface area contributed by atoms with Crippen molar-refractivity contribution in [3.05, 3.63) is 65.7 Å². The van der Waals surface area contributed by atoms with Crippen LogP contribution in [0.5, 0.6) is 5.75 Å². The third kappa shape index (κ3) is 2.47. The van der Waals surface area contributed by atoms with Crippen LogP contribution in [0.1, 0.15) is 18.1 Å². The van der Waals surface area contributed by atoms with Crippen LogP contribution < -0.4 is 4.74 Å². The lowest BCUT2D eigenvalue weighted by Gasteiger charge is -2.25. The van der Waals surface area contributed by atoms with Gasteiger partial charge in [-0.1, -0.05) is 42.5 Å². The molecule has 0 heterocycles. The Hall–Kier alpha value is -1.41. The maximum atomic E-state index is 5.16. The average molecular weight is 244 g/mol. The molecule has 0 amide bonds. The van der Waals surface area contributed by atoms with Gasteiger partial charge < -0.3 is 4.74 Å². The summed E-state index contributed by atoms with van der Waals surface area (Å²) in [5.74, 6) is 0.867. The van der Waals surface area contributed by atoms with E-state index in [1.807, 2.05) is 30.3 Å². The minimum atomic E-state index is -0.284. The van der Waals surface area contributed by atoms with Crippen LogP contribution in [-0.2, 0) is 4.75 Å². The van der Waals surface area contributed by atoms with Crippen LogP contribution in [0.15, 0.2) is 54.6 Å². The van der Waals surface area contributed by atoms with Crippen LogP contribution in [0, 0.1) is 0 Å². The zero-order chi connectivity index (χ0) is 12.3. The highest BCUT2D eigenvalue weighted by Crippen LogP contribution is 2.36. The molecule has 0 bridgehead atoms. The second-order valence-corrected chi connectivity index (χ2v) is 5.06. The zero-order valence-corrected chi connectivity index (χ0v) is 10.9. The van der Waals surface area contributed by atoms with Gasteiger partial charge in [0.25, 0.3) is 0 Å². The van der Waals surface area contributed by atoms with Crippen LogP contribution in [0.3, 0.4) is 0 Å². The first-order valence-electron chi connectivity index (χ1n) is 5.57. The van der Waals surface area contributed by atoms with E-state index in [9.17, 15) is 0 Å². The van der Waals surface area contributed by atoms with E-state index < -0.39 is 0 Å². The highest BCUT2D eigenvalue weighted by Gasteiger charge is 2.23. The van der Waals surface area contributed by atoms with Gasteiger partial charge in [-0.05, 0) is 30.2 Å². The van der Waals surface area contributed by atoms with Gasteiger partial charge in [0, 0.05) is 0 Å². The Kier molecular flexibility index (Phi) is 3.43. The largest absolute Gasteiger partial charge is 0.497 e. The molecule has 2 rings (SSSR count). The Balaban J connectivity index is 2.37. The van der Waals surface area contributed by atoms with E-state index in [-0.39, 0.29) is 4.75 Å². The molecular weight excluding hydrogens is 228 g/mol. The highest BCUT2D eigenvalue weighted by molar-refractivity contribution is 7.81. The molecule has 0 fully saturated rings. The van der Waals surface area contributed by atoms with Gasteiger partial charge in [0.1, 0.15) is 5.75 Å². The summed E-state index contributed by atoms with van der Waals surface area (Å²) in [4.78, 5) is 0. The minimum absolute atomic E-state index is 0.284. The van der Waals surface area contributed by atoms with Crippen molar-refractivity contribution in [3.8, 4) is 5.75 Å². The molecule has 0 spiro atoms. The van der Waals surface area contributed by atoms with E-state index in [1.54, 1.807) is 7.11 Å². The molecule has 2 aromatic carbocycles. The number of rotatable bonds is 3. The third-order valence-electron chi connectivity index (χ3n) is 2.99.